The van der Waals surface area contributed by atoms with Crippen molar-refractivity contribution in [2.75, 3.05) is 11.9 Å². The Morgan fingerprint density at radius 2 is 1.81 bits per heavy atom. The van der Waals surface area contributed by atoms with Crippen LogP contribution in [0.1, 0.15) is 5.56 Å². The monoisotopic (exact) mass is 358 g/mol. The number of aromatic nitrogens is 1. The molecule has 0 radical (unpaired) electrons. The predicted molar refractivity (Wildman–Crippen MR) is 105 cm³/mol. The van der Waals surface area contributed by atoms with E-state index in [1.807, 2.05) is 61.5 Å². The zero-order valence-corrected chi connectivity index (χ0v) is 14.8. The molecule has 0 spiro atoms. The maximum Gasteiger partial charge on any atom is 0.262 e. The van der Waals surface area contributed by atoms with E-state index < -0.39 is 0 Å². The molecule has 3 aromatic carbocycles. The molecular weight excluding hydrogens is 340 g/mol. The molecule has 0 saturated carbocycles. The van der Waals surface area contributed by atoms with Crippen molar-refractivity contribution in [2.24, 2.45) is 0 Å². The van der Waals surface area contributed by atoms with Gasteiger partial charge < -0.3 is 14.5 Å². The van der Waals surface area contributed by atoms with Crippen LogP contribution in [0.3, 0.4) is 0 Å². The molecule has 5 nitrogen and oxygen atoms in total. The van der Waals surface area contributed by atoms with Gasteiger partial charge in [0.2, 0.25) is 5.89 Å². The minimum atomic E-state index is -0.232. The fourth-order valence-electron chi connectivity index (χ4n) is 2.77. The number of benzene rings is 3. The molecule has 1 aromatic heterocycles. The van der Waals surface area contributed by atoms with Crippen molar-refractivity contribution >= 4 is 22.7 Å². The summed E-state index contributed by atoms with van der Waals surface area (Å²) in [4.78, 5) is 16.7. The van der Waals surface area contributed by atoms with Crippen molar-refractivity contribution in [3.8, 4) is 17.2 Å². The first-order valence-corrected chi connectivity index (χ1v) is 8.63. The van der Waals surface area contributed by atoms with Crippen LogP contribution in [0.15, 0.2) is 77.2 Å². The minimum Gasteiger partial charge on any atom is -0.483 e. The molecule has 1 amide bonds. The van der Waals surface area contributed by atoms with E-state index in [2.05, 4.69) is 10.3 Å². The Morgan fingerprint density at radius 1 is 1.04 bits per heavy atom. The Labute approximate surface area is 156 Å². The third-order valence-electron chi connectivity index (χ3n) is 4.14. The third kappa shape index (κ3) is 3.82. The molecule has 0 bridgehead atoms. The van der Waals surface area contributed by atoms with Gasteiger partial charge in [0.05, 0.1) is 0 Å². The van der Waals surface area contributed by atoms with Crippen LogP contribution in [0.25, 0.3) is 22.6 Å². The van der Waals surface area contributed by atoms with Crippen molar-refractivity contribution in [1.82, 2.24) is 4.98 Å². The largest absolute Gasteiger partial charge is 0.483 e. The Hall–Kier alpha value is -3.60. The number of ether oxygens (including phenoxy) is 1. The van der Waals surface area contributed by atoms with Crippen molar-refractivity contribution in [1.29, 1.82) is 0 Å². The van der Waals surface area contributed by atoms with Gasteiger partial charge in [-0.3, -0.25) is 4.79 Å². The van der Waals surface area contributed by atoms with Crippen molar-refractivity contribution < 1.29 is 13.9 Å². The number of carbonyl (C=O) groups excluding carboxylic acids is 1. The molecule has 5 heteroatoms. The second-order valence-electron chi connectivity index (χ2n) is 6.17. The van der Waals surface area contributed by atoms with Crippen LogP contribution in [0.4, 0.5) is 5.69 Å². The number of hydrogen-bond acceptors (Lipinski definition) is 4. The summed E-state index contributed by atoms with van der Waals surface area (Å²) in [7, 11) is 0. The van der Waals surface area contributed by atoms with E-state index in [-0.39, 0.29) is 12.5 Å². The molecule has 4 aromatic rings. The topological polar surface area (TPSA) is 64.4 Å². The number of oxazole rings is 1. The zero-order valence-electron chi connectivity index (χ0n) is 14.8. The summed E-state index contributed by atoms with van der Waals surface area (Å²) >= 11 is 0. The normalized spacial score (nSPS) is 10.7. The van der Waals surface area contributed by atoms with Gasteiger partial charge in [0.1, 0.15) is 11.3 Å². The Morgan fingerprint density at radius 3 is 2.63 bits per heavy atom. The highest BCUT2D eigenvalue weighted by Gasteiger charge is 2.10. The van der Waals surface area contributed by atoms with Crippen LogP contribution < -0.4 is 10.1 Å². The number of fused-ring (bicyclic) bond motifs is 1. The quantitative estimate of drug-likeness (QED) is 0.555. The van der Waals surface area contributed by atoms with E-state index in [0.29, 0.717) is 28.4 Å². The summed E-state index contributed by atoms with van der Waals surface area (Å²) in [5.41, 5.74) is 3.90. The van der Waals surface area contributed by atoms with Gasteiger partial charge in [-0.05, 0) is 48.9 Å². The summed E-state index contributed by atoms with van der Waals surface area (Å²) in [5.74, 6) is 1.02. The van der Waals surface area contributed by atoms with Crippen LogP contribution in [0.5, 0.6) is 5.75 Å². The Balaban J connectivity index is 1.46. The molecule has 0 aliphatic carbocycles. The first-order chi connectivity index (χ1) is 13.2. The van der Waals surface area contributed by atoms with E-state index in [4.69, 9.17) is 9.15 Å². The maximum atomic E-state index is 12.2. The maximum absolute atomic E-state index is 12.2. The standard InChI is InChI=1S/C22H18N2O3/c1-15-7-5-6-10-19(15)26-14-21(25)23-17-11-12-20-18(13-17)24-22(27-20)16-8-3-2-4-9-16/h2-13H,14H2,1H3,(H,23,25). The lowest BCUT2D eigenvalue weighted by Crippen LogP contribution is -2.20. The lowest BCUT2D eigenvalue weighted by Gasteiger charge is -2.09. The Kier molecular flexibility index (Phi) is 4.58. The SMILES string of the molecule is Cc1ccccc1OCC(=O)Nc1ccc2oc(-c3ccccc3)nc2c1. The highest BCUT2D eigenvalue weighted by atomic mass is 16.5. The molecule has 0 unspecified atom stereocenters. The van der Waals surface area contributed by atoms with Crippen molar-refractivity contribution in [3.63, 3.8) is 0 Å². The van der Waals surface area contributed by atoms with Gasteiger partial charge >= 0.3 is 0 Å². The van der Waals surface area contributed by atoms with E-state index >= 15 is 0 Å². The lowest BCUT2D eigenvalue weighted by molar-refractivity contribution is -0.118. The second kappa shape index (κ2) is 7.33. The summed E-state index contributed by atoms with van der Waals surface area (Å²) in [5, 5.41) is 2.83. The van der Waals surface area contributed by atoms with E-state index in [0.717, 1.165) is 11.1 Å². The number of nitrogens with one attached hydrogen (secondary N) is 1. The zero-order chi connectivity index (χ0) is 18.6. The summed E-state index contributed by atoms with van der Waals surface area (Å²) < 4.78 is 11.4. The molecule has 134 valence electrons. The van der Waals surface area contributed by atoms with Crippen molar-refractivity contribution in [2.45, 2.75) is 6.92 Å². The fourth-order valence-corrected chi connectivity index (χ4v) is 2.77. The highest BCUT2D eigenvalue weighted by Crippen LogP contribution is 2.26. The molecule has 1 N–H and O–H groups in total. The molecular formula is C22H18N2O3. The van der Waals surface area contributed by atoms with Crippen LogP contribution in [-0.2, 0) is 4.79 Å². The predicted octanol–water partition coefficient (Wildman–Crippen LogP) is 4.82. The number of aryl methyl sites for hydroxylation is 1. The summed E-state index contributed by atoms with van der Waals surface area (Å²) in [6.45, 7) is 1.88. The van der Waals surface area contributed by atoms with E-state index in [9.17, 15) is 4.79 Å². The lowest BCUT2D eigenvalue weighted by atomic mass is 10.2. The number of amides is 1. The molecule has 0 aliphatic rings. The van der Waals surface area contributed by atoms with Gasteiger partial charge in [0, 0.05) is 11.3 Å². The molecule has 0 fully saturated rings. The minimum absolute atomic E-state index is 0.0586. The van der Waals surface area contributed by atoms with Gasteiger partial charge in [0.25, 0.3) is 5.91 Å². The number of carbonyl (C=O) groups is 1. The van der Waals surface area contributed by atoms with Gasteiger partial charge in [0.15, 0.2) is 12.2 Å². The average molecular weight is 358 g/mol. The molecule has 1 heterocycles. The first-order valence-electron chi connectivity index (χ1n) is 8.63. The second-order valence-corrected chi connectivity index (χ2v) is 6.17. The third-order valence-corrected chi connectivity index (χ3v) is 4.14. The molecule has 0 aliphatic heterocycles. The summed E-state index contributed by atoms with van der Waals surface area (Å²) in [6, 6.07) is 22.7. The van der Waals surface area contributed by atoms with Crippen LogP contribution in [0.2, 0.25) is 0 Å². The fraction of sp³-hybridized carbons (Fsp3) is 0.0909. The van der Waals surface area contributed by atoms with Gasteiger partial charge in [-0.15, -0.1) is 0 Å². The molecule has 4 rings (SSSR count). The Bertz CT molecular complexity index is 1090. The number of anilines is 1. The molecule has 27 heavy (non-hydrogen) atoms. The van der Waals surface area contributed by atoms with E-state index in [1.165, 1.54) is 0 Å². The highest BCUT2D eigenvalue weighted by molar-refractivity contribution is 5.94. The van der Waals surface area contributed by atoms with Crippen molar-refractivity contribution in [3.05, 3.63) is 78.4 Å². The summed E-state index contributed by atoms with van der Waals surface area (Å²) in [6.07, 6.45) is 0. The van der Waals surface area contributed by atoms with Gasteiger partial charge in [-0.1, -0.05) is 36.4 Å². The average Bonchev–Trinajstić information content (AvgIpc) is 3.11. The van der Waals surface area contributed by atoms with Crippen LogP contribution in [-0.4, -0.2) is 17.5 Å². The number of rotatable bonds is 5. The van der Waals surface area contributed by atoms with Gasteiger partial charge in [-0.2, -0.15) is 0 Å². The van der Waals surface area contributed by atoms with Crippen LogP contribution >= 0.6 is 0 Å². The number of hydrogen-bond donors (Lipinski definition) is 1. The smallest absolute Gasteiger partial charge is 0.262 e. The number of nitrogens with zero attached hydrogens (tertiary/aromatic N) is 1. The molecule has 0 saturated heterocycles. The number of para-hydroxylation sites is 1. The van der Waals surface area contributed by atoms with E-state index in [1.54, 1.807) is 18.2 Å². The first kappa shape index (κ1) is 16.8. The van der Waals surface area contributed by atoms with Crippen LogP contribution in [0, 0.1) is 6.92 Å². The van der Waals surface area contributed by atoms with Gasteiger partial charge in [-0.25, -0.2) is 4.98 Å². The molecule has 0 atom stereocenters.